The van der Waals surface area contributed by atoms with Gasteiger partial charge in [-0.25, -0.2) is 0 Å². The number of likely N-dealkylation sites (tertiary alicyclic amines) is 1. The monoisotopic (exact) mass is 211 g/mol. The highest BCUT2D eigenvalue weighted by Crippen LogP contribution is 2.24. The number of piperidine rings is 1. The Kier molecular flexibility index (Phi) is 4.30. The molecule has 0 radical (unpaired) electrons. The van der Waals surface area contributed by atoms with E-state index in [2.05, 4.69) is 13.8 Å². The van der Waals surface area contributed by atoms with Gasteiger partial charge in [0.25, 0.3) is 0 Å². The summed E-state index contributed by atoms with van der Waals surface area (Å²) in [7, 11) is 0. The molecule has 1 aliphatic rings. The van der Waals surface area contributed by atoms with Crippen molar-refractivity contribution in [2.24, 2.45) is 17.8 Å². The third-order valence-corrected chi connectivity index (χ3v) is 3.22. The first-order valence-corrected chi connectivity index (χ1v) is 5.77. The molecule has 0 N–H and O–H groups in total. The fraction of sp³-hybridized carbons (Fsp3) is 0.833. The van der Waals surface area contributed by atoms with E-state index in [1.54, 1.807) is 0 Å². The number of carbonyl (C=O) groups is 2. The molecule has 1 amide bonds. The van der Waals surface area contributed by atoms with E-state index in [0.717, 1.165) is 19.3 Å². The van der Waals surface area contributed by atoms with Crippen LogP contribution in [0.2, 0.25) is 0 Å². The first kappa shape index (κ1) is 12.2. The second-order valence-corrected chi connectivity index (χ2v) is 4.95. The Bertz CT molecular complexity index is 238. The van der Waals surface area contributed by atoms with E-state index in [1.165, 1.54) is 0 Å². The lowest BCUT2D eigenvalue weighted by Crippen LogP contribution is -2.43. The van der Waals surface area contributed by atoms with Crippen LogP contribution in [0.4, 0.5) is 0 Å². The molecule has 1 aliphatic heterocycles. The molecule has 1 fully saturated rings. The summed E-state index contributed by atoms with van der Waals surface area (Å²) < 4.78 is 0. The Morgan fingerprint density at radius 2 is 2.13 bits per heavy atom. The summed E-state index contributed by atoms with van der Waals surface area (Å²) in [6.45, 7) is 7.67. The van der Waals surface area contributed by atoms with E-state index >= 15 is 0 Å². The summed E-state index contributed by atoms with van der Waals surface area (Å²) in [6.07, 6.45) is 2.57. The van der Waals surface area contributed by atoms with Gasteiger partial charge >= 0.3 is 0 Å². The molecule has 0 aromatic carbocycles. The SMILES string of the molecule is CC(C=O)CN1CC(C(C)C)CCC1=O. The van der Waals surface area contributed by atoms with Crippen LogP contribution in [-0.4, -0.2) is 30.2 Å². The van der Waals surface area contributed by atoms with Crippen LogP contribution in [0.15, 0.2) is 0 Å². The zero-order valence-electron chi connectivity index (χ0n) is 9.90. The van der Waals surface area contributed by atoms with Crippen LogP contribution in [0.5, 0.6) is 0 Å². The van der Waals surface area contributed by atoms with Crippen molar-refractivity contribution in [3.05, 3.63) is 0 Å². The van der Waals surface area contributed by atoms with Crippen molar-refractivity contribution >= 4 is 12.2 Å². The molecular weight excluding hydrogens is 190 g/mol. The molecule has 0 aliphatic carbocycles. The Morgan fingerprint density at radius 1 is 1.47 bits per heavy atom. The Morgan fingerprint density at radius 3 is 2.67 bits per heavy atom. The molecule has 1 heterocycles. The molecule has 0 aromatic heterocycles. The van der Waals surface area contributed by atoms with E-state index in [0.29, 0.717) is 24.8 Å². The van der Waals surface area contributed by atoms with Gasteiger partial charge in [-0.05, 0) is 18.3 Å². The Balaban J connectivity index is 2.53. The lowest BCUT2D eigenvalue weighted by atomic mass is 9.87. The van der Waals surface area contributed by atoms with Gasteiger partial charge in [-0.2, -0.15) is 0 Å². The molecule has 3 nitrogen and oxygen atoms in total. The molecule has 1 rings (SSSR count). The second kappa shape index (κ2) is 5.29. The lowest BCUT2D eigenvalue weighted by molar-refractivity contribution is -0.136. The van der Waals surface area contributed by atoms with Crippen LogP contribution >= 0.6 is 0 Å². The summed E-state index contributed by atoms with van der Waals surface area (Å²) in [5.41, 5.74) is 0. The summed E-state index contributed by atoms with van der Waals surface area (Å²) in [4.78, 5) is 24.0. The number of carbonyl (C=O) groups excluding carboxylic acids is 2. The van der Waals surface area contributed by atoms with Crippen LogP contribution < -0.4 is 0 Å². The first-order chi connectivity index (χ1) is 7.04. The molecule has 86 valence electrons. The standard InChI is InChI=1S/C12H21NO2/c1-9(2)11-4-5-12(15)13(7-11)6-10(3)8-14/h8-11H,4-7H2,1-3H3. The fourth-order valence-electron chi connectivity index (χ4n) is 2.05. The van der Waals surface area contributed by atoms with Crippen molar-refractivity contribution in [1.82, 2.24) is 4.90 Å². The zero-order valence-corrected chi connectivity index (χ0v) is 9.90. The third kappa shape index (κ3) is 3.33. The number of amides is 1. The van der Waals surface area contributed by atoms with Crippen LogP contribution in [0.1, 0.15) is 33.6 Å². The fourth-order valence-corrected chi connectivity index (χ4v) is 2.05. The number of aldehydes is 1. The summed E-state index contributed by atoms with van der Waals surface area (Å²) in [5, 5.41) is 0. The molecule has 3 heteroatoms. The van der Waals surface area contributed by atoms with E-state index in [4.69, 9.17) is 0 Å². The maximum atomic E-state index is 11.6. The van der Waals surface area contributed by atoms with Gasteiger partial charge in [0, 0.05) is 25.4 Å². The number of nitrogens with zero attached hydrogens (tertiary/aromatic N) is 1. The van der Waals surface area contributed by atoms with E-state index < -0.39 is 0 Å². The molecule has 0 spiro atoms. The van der Waals surface area contributed by atoms with E-state index in [-0.39, 0.29) is 11.8 Å². The minimum absolute atomic E-state index is 0.0418. The van der Waals surface area contributed by atoms with Gasteiger partial charge in [0.2, 0.25) is 5.91 Å². The molecule has 2 atom stereocenters. The largest absolute Gasteiger partial charge is 0.342 e. The van der Waals surface area contributed by atoms with Crippen LogP contribution in [0, 0.1) is 17.8 Å². The minimum atomic E-state index is -0.0418. The van der Waals surface area contributed by atoms with Crippen LogP contribution in [-0.2, 0) is 9.59 Å². The van der Waals surface area contributed by atoms with Crippen molar-refractivity contribution in [3.63, 3.8) is 0 Å². The first-order valence-electron chi connectivity index (χ1n) is 5.77. The highest BCUT2D eigenvalue weighted by atomic mass is 16.2. The Labute approximate surface area is 91.8 Å². The van der Waals surface area contributed by atoms with Crippen LogP contribution in [0.25, 0.3) is 0 Å². The minimum Gasteiger partial charge on any atom is -0.342 e. The quantitative estimate of drug-likeness (QED) is 0.664. The van der Waals surface area contributed by atoms with Gasteiger partial charge in [-0.3, -0.25) is 4.79 Å². The summed E-state index contributed by atoms with van der Waals surface area (Å²) in [6, 6.07) is 0. The maximum absolute atomic E-state index is 11.6. The zero-order chi connectivity index (χ0) is 11.4. The van der Waals surface area contributed by atoms with Gasteiger partial charge in [0.1, 0.15) is 6.29 Å². The average Bonchev–Trinajstić information content (AvgIpc) is 2.20. The molecule has 0 aromatic rings. The summed E-state index contributed by atoms with van der Waals surface area (Å²) >= 11 is 0. The van der Waals surface area contributed by atoms with Crippen molar-refractivity contribution in [3.8, 4) is 0 Å². The van der Waals surface area contributed by atoms with Crippen molar-refractivity contribution in [2.75, 3.05) is 13.1 Å². The van der Waals surface area contributed by atoms with Gasteiger partial charge in [0.15, 0.2) is 0 Å². The van der Waals surface area contributed by atoms with Crippen molar-refractivity contribution < 1.29 is 9.59 Å². The maximum Gasteiger partial charge on any atom is 0.222 e. The van der Waals surface area contributed by atoms with Gasteiger partial charge < -0.3 is 9.69 Å². The van der Waals surface area contributed by atoms with E-state index in [9.17, 15) is 9.59 Å². The molecule has 2 unspecified atom stereocenters. The number of rotatable bonds is 4. The van der Waals surface area contributed by atoms with Crippen molar-refractivity contribution in [2.45, 2.75) is 33.6 Å². The third-order valence-electron chi connectivity index (χ3n) is 3.22. The number of hydrogen-bond acceptors (Lipinski definition) is 2. The normalized spacial score (nSPS) is 24.4. The molecule has 0 bridgehead atoms. The van der Waals surface area contributed by atoms with Gasteiger partial charge in [-0.15, -0.1) is 0 Å². The van der Waals surface area contributed by atoms with E-state index in [1.807, 2.05) is 11.8 Å². The predicted molar refractivity (Wildman–Crippen MR) is 59.4 cm³/mol. The van der Waals surface area contributed by atoms with Crippen molar-refractivity contribution in [1.29, 1.82) is 0 Å². The highest BCUT2D eigenvalue weighted by Gasteiger charge is 2.27. The highest BCUT2D eigenvalue weighted by molar-refractivity contribution is 5.77. The molecule has 1 saturated heterocycles. The number of hydrogen-bond donors (Lipinski definition) is 0. The Hall–Kier alpha value is -0.860. The smallest absolute Gasteiger partial charge is 0.222 e. The molecule has 15 heavy (non-hydrogen) atoms. The lowest BCUT2D eigenvalue weighted by Gasteiger charge is -2.35. The van der Waals surface area contributed by atoms with Gasteiger partial charge in [0.05, 0.1) is 0 Å². The molecule has 0 saturated carbocycles. The molecular formula is C12H21NO2. The topological polar surface area (TPSA) is 37.4 Å². The summed E-state index contributed by atoms with van der Waals surface area (Å²) in [5.74, 6) is 1.38. The predicted octanol–water partition coefficient (Wildman–Crippen LogP) is 1.72. The van der Waals surface area contributed by atoms with Crippen LogP contribution in [0.3, 0.4) is 0 Å². The average molecular weight is 211 g/mol. The second-order valence-electron chi connectivity index (χ2n) is 4.95. The van der Waals surface area contributed by atoms with Gasteiger partial charge in [-0.1, -0.05) is 20.8 Å².